The highest BCUT2D eigenvalue weighted by atomic mass is 35.5. The van der Waals surface area contributed by atoms with Crippen molar-refractivity contribution in [1.29, 1.82) is 0 Å². The molecule has 1 fully saturated rings. The van der Waals surface area contributed by atoms with Gasteiger partial charge in [0.15, 0.2) is 0 Å². The molecule has 0 radical (unpaired) electrons. The number of amides is 1. The second-order valence-electron chi connectivity index (χ2n) is 7.04. The van der Waals surface area contributed by atoms with Gasteiger partial charge in [0.25, 0.3) is 0 Å². The zero-order chi connectivity index (χ0) is 20.5. The number of hydrogen-bond donors (Lipinski definition) is 1. The van der Waals surface area contributed by atoms with Crippen LogP contribution in [0, 0.1) is 5.92 Å². The number of carbonyl (C=O) groups is 1. The highest BCUT2D eigenvalue weighted by Gasteiger charge is 2.33. The van der Waals surface area contributed by atoms with Gasteiger partial charge in [-0.15, -0.1) is 0 Å². The van der Waals surface area contributed by atoms with Gasteiger partial charge in [-0.1, -0.05) is 36.6 Å². The number of ether oxygens (including phenoxy) is 1. The zero-order valence-corrected chi connectivity index (χ0v) is 16.0. The molecule has 150 valence electrons. The summed E-state index contributed by atoms with van der Waals surface area (Å²) in [6, 6.07) is 5.76. The Hall–Kier alpha value is -2.28. The second-order valence-corrected chi connectivity index (χ2v) is 7.42. The van der Waals surface area contributed by atoms with Gasteiger partial charge in [-0.2, -0.15) is 13.2 Å². The van der Waals surface area contributed by atoms with E-state index >= 15 is 0 Å². The van der Waals surface area contributed by atoms with E-state index in [4.69, 9.17) is 22.1 Å². The summed E-state index contributed by atoms with van der Waals surface area (Å²) in [6.45, 7) is 0. The number of nitrogens with zero attached hydrogens (tertiary/aromatic N) is 1. The molecule has 0 aliphatic heterocycles. The van der Waals surface area contributed by atoms with Crippen LogP contribution in [-0.2, 0) is 12.6 Å². The third-order valence-electron chi connectivity index (χ3n) is 4.98. The van der Waals surface area contributed by atoms with E-state index in [9.17, 15) is 18.0 Å². The van der Waals surface area contributed by atoms with Gasteiger partial charge in [-0.25, -0.2) is 0 Å². The van der Waals surface area contributed by atoms with Crippen molar-refractivity contribution in [2.45, 2.75) is 37.8 Å². The van der Waals surface area contributed by atoms with Crippen LogP contribution < -0.4 is 10.5 Å². The van der Waals surface area contributed by atoms with Gasteiger partial charge in [0, 0.05) is 6.20 Å². The van der Waals surface area contributed by atoms with Crippen molar-refractivity contribution in [3.05, 3.63) is 57.9 Å². The third kappa shape index (κ3) is 4.58. The highest BCUT2D eigenvalue weighted by molar-refractivity contribution is 6.35. The maximum Gasteiger partial charge on any atom is 0.433 e. The number of benzene rings is 1. The molecular weight excluding hydrogens is 393 g/mol. The average Bonchev–Trinajstić information content (AvgIpc) is 3.44. The number of hydrogen-bond acceptors (Lipinski definition) is 3. The molecule has 0 spiro atoms. The van der Waals surface area contributed by atoms with E-state index in [0.29, 0.717) is 18.1 Å². The monoisotopic (exact) mass is 412 g/mol. The highest BCUT2D eigenvalue weighted by Crippen LogP contribution is 2.42. The molecule has 1 aliphatic rings. The van der Waals surface area contributed by atoms with Gasteiger partial charge >= 0.3 is 6.18 Å². The molecule has 4 nitrogen and oxygen atoms in total. The summed E-state index contributed by atoms with van der Waals surface area (Å²) in [5.74, 6) is 0.222. The van der Waals surface area contributed by atoms with E-state index in [-0.39, 0.29) is 16.5 Å². The summed E-state index contributed by atoms with van der Waals surface area (Å²) in [5, 5.41) is 0.142. The lowest BCUT2D eigenvalue weighted by Gasteiger charge is -2.20. The number of aromatic nitrogens is 1. The quantitative estimate of drug-likeness (QED) is 0.696. The number of nitrogens with two attached hydrogens (primary N) is 1. The number of primary amides is 1. The molecule has 0 bridgehead atoms. The number of halogens is 4. The molecule has 1 unspecified atom stereocenters. The third-order valence-corrected chi connectivity index (χ3v) is 5.35. The van der Waals surface area contributed by atoms with E-state index in [1.807, 2.05) is 0 Å². The molecule has 1 atom stereocenters. The van der Waals surface area contributed by atoms with E-state index < -0.39 is 17.8 Å². The first-order valence-corrected chi connectivity index (χ1v) is 9.26. The van der Waals surface area contributed by atoms with Crippen LogP contribution in [0.2, 0.25) is 5.02 Å². The smallest absolute Gasteiger partial charge is 0.433 e. The van der Waals surface area contributed by atoms with E-state index in [2.05, 4.69) is 4.98 Å². The Morgan fingerprint density at radius 3 is 2.54 bits per heavy atom. The van der Waals surface area contributed by atoms with Crippen molar-refractivity contribution in [3.8, 4) is 5.75 Å². The number of rotatable bonds is 7. The zero-order valence-electron chi connectivity index (χ0n) is 15.2. The standard InChI is InChI=1S/C20H20ClF3N2O2/c1-28-18-12(4-6-15(17(18)21)19(25)27)9-14(8-11-2-3-11)13-5-7-16(26-10-13)20(22,23)24/h4-7,10-11,14H,2-3,8-9H2,1H3,(H2,25,27). The van der Waals surface area contributed by atoms with Crippen molar-refractivity contribution in [3.63, 3.8) is 0 Å². The fraction of sp³-hybridized carbons (Fsp3) is 0.400. The average molecular weight is 413 g/mol. The molecule has 1 amide bonds. The van der Waals surface area contributed by atoms with Gasteiger partial charge in [0.2, 0.25) is 5.91 Å². The lowest BCUT2D eigenvalue weighted by molar-refractivity contribution is -0.141. The largest absolute Gasteiger partial charge is 0.495 e. The Bertz CT molecular complexity index is 865. The van der Waals surface area contributed by atoms with Gasteiger partial charge in [-0.05, 0) is 47.9 Å². The molecule has 1 aromatic carbocycles. The molecule has 1 heterocycles. The van der Waals surface area contributed by atoms with Crippen LogP contribution >= 0.6 is 11.6 Å². The van der Waals surface area contributed by atoms with Crippen LogP contribution in [-0.4, -0.2) is 18.0 Å². The van der Waals surface area contributed by atoms with Crippen LogP contribution in [0.3, 0.4) is 0 Å². The summed E-state index contributed by atoms with van der Waals surface area (Å²) in [4.78, 5) is 15.1. The SMILES string of the molecule is COc1c(CC(CC2CC2)c2ccc(C(F)(F)F)nc2)ccc(C(N)=O)c1Cl. The van der Waals surface area contributed by atoms with Gasteiger partial charge < -0.3 is 10.5 Å². The Balaban J connectivity index is 1.91. The molecule has 2 N–H and O–H groups in total. The number of pyridine rings is 1. The minimum atomic E-state index is -4.47. The first-order valence-electron chi connectivity index (χ1n) is 8.89. The Morgan fingerprint density at radius 2 is 2.04 bits per heavy atom. The fourth-order valence-corrected chi connectivity index (χ4v) is 3.70. The molecule has 28 heavy (non-hydrogen) atoms. The molecule has 1 aliphatic carbocycles. The molecule has 1 saturated carbocycles. The molecule has 8 heteroatoms. The van der Waals surface area contributed by atoms with E-state index in [1.54, 1.807) is 12.1 Å². The summed E-state index contributed by atoms with van der Waals surface area (Å²) in [7, 11) is 1.45. The number of methoxy groups -OCH3 is 1. The van der Waals surface area contributed by atoms with Crippen molar-refractivity contribution in [2.24, 2.45) is 11.7 Å². The normalized spacial score (nSPS) is 15.3. The minimum absolute atomic E-state index is 0.0355. The first kappa shape index (κ1) is 20.5. The van der Waals surface area contributed by atoms with E-state index in [0.717, 1.165) is 36.5 Å². The van der Waals surface area contributed by atoms with Crippen molar-refractivity contribution < 1.29 is 22.7 Å². The van der Waals surface area contributed by atoms with Gasteiger partial charge in [0.1, 0.15) is 11.4 Å². The maximum atomic E-state index is 12.8. The molecule has 3 rings (SSSR count). The van der Waals surface area contributed by atoms with Crippen LogP contribution in [0.25, 0.3) is 0 Å². The predicted octanol–water partition coefficient (Wildman–Crippen LogP) is 4.99. The lowest BCUT2D eigenvalue weighted by atomic mass is 9.87. The van der Waals surface area contributed by atoms with Gasteiger partial charge in [-0.3, -0.25) is 9.78 Å². The fourth-order valence-electron chi connectivity index (χ4n) is 3.34. The molecule has 2 aromatic rings. The summed E-state index contributed by atoms with van der Waals surface area (Å²) >= 11 is 6.26. The second kappa shape index (κ2) is 7.99. The van der Waals surface area contributed by atoms with E-state index in [1.165, 1.54) is 19.4 Å². The Labute approximate surface area is 165 Å². The van der Waals surface area contributed by atoms with Crippen LogP contribution in [0.5, 0.6) is 5.75 Å². The summed E-state index contributed by atoms with van der Waals surface area (Å²) < 4.78 is 43.8. The minimum Gasteiger partial charge on any atom is -0.495 e. The van der Waals surface area contributed by atoms with Crippen LogP contribution in [0.15, 0.2) is 30.5 Å². The van der Waals surface area contributed by atoms with Crippen LogP contribution in [0.4, 0.5) is 13.2 Å². The van der Waals surface area contributed by atoms with Gasteiger partial charge in [0.05, 0.1) is 17.7 Å². The molecule has 0 saturated heterocycles. The lowest BCUT2D eigenvalue weighted by Crippen LogP contribution is -2.13. The summed E-state index contributed by atoms with van der Waals surface area (Å²) in [6.07, 6.45) is 0.399. The number of carbonyl (C=O) groups excluding carboxylic acids is 1. The predicted molar refractivity (Wildman–Crippen MR) is 99.5 cm³/mol. The van der Waals surface area contributed by atoms with Crippen molar-refractivity contribution in [1.82, 2.24) is 4.98 Å². The molecular formula is C20H20ClF3N2O2. The van der Waals surface area contributed by atoms with Crippen LogP contribution in [0.1, 0.15) is 52.4 Å². The Kier molecular flexibility index (Phi) is 5.84. The molecule has 1 aromatic heterocycles. The maximum absolute atomic E-state index is 12.8. The topological polar surface area (TPSA) is 65.2 Å². The first-order chi connectivity index (χ1) is 13.2. The van der Waals surface area contributed by atoms with Crippen molar-refractivity contribution >= 4 is 17.5 Å². The summed E-state index contributed by atoms with van der Waals surface area (Å²) in [5.41, 5.74) is 6.08. The van der Waals surface area contributed by atoms with Crippen molar-refractivity contribution in [2.75, 3.05) is 7.11 Å². The Morgan fingerprint density at radius 1 is 1.32 bits per heavy atom. The number of alkyl halides is 3.